The summed E-state index contributed by atoms with van der Waals surface area (Å²) in [6.07, 6.45) is 7.66. The molecule has 2 aliphatic heterocycles. The summed E-state index contributed by atoms with van der Waals surface area (Å²) in [6.45, 7) is 13.2. The number of carbonyl (C=O) groups is 1. The molecule has 2 saturated heterocycles. The van der Waals surface area contributed by atoms with Gasteiger partial charge in [0.05, 0.1) is 18.2 Å². The molecule has 5 nitrogen and oxygen atoms in total. The van der Waals surface area contributed by atoms with Gasteiger partial charge in [0.1, 0.15) is 0 Å². The second-order valence-electron chi connectivity index (χ2n) is 9.76. The molecule has 0 spiro atoms. The predicted molar refractivity (Wildman–Crippen MR) is 114 cm³/mol. The van der Waals surface area contributed by atoms with Gasteiger partial charge in [0.15, 0.2) is 0 Å². The van der Waals surface area contributed by atoms with Gasteiger partial charge in [-0.25, -0.2) is 0 Å². The topological polar surface area (TPSA) is 48.5 Å². The van der Waals surface area contributed by atoms with Crippen molar-refractivity contribution in [2.75, 3.05) is 32.7 Å². The van der Waals surface area contributed by atoms with Gasteiger partial charge in [-0.15, -0.1) is 0 Å². The van der Waals surface area contributed by atoms with E-state index in [1.165, 1.54) is 38.9 Å². The van der Waals surface area contributed by atoms with Gasteiger partial charge in [0.2, 0.25) is 5.91 Å². The van der Waals surface area contributed by atoms with E-state index in [2.05, 4.69) is 40.9 Å². The first kappa shape index (κ1) is 21.3. The second kappa shape index (κ2) is 9.84. The molecule has 2 aliphatic rings. The Balaban J connectivity index is 1.41. The van der Waals surface area contributed by atoms with Crippen LogP contribution in [0.2, 0.25) is 0 Å². The summed E-state index contributed by atoms with van der Waals surface area (Å²) >= 11 is 0. The monoisotopic (exact) mass is 386 g/mol. The molecule has 1 aromatic heterocycles. The van der Waals surface area contributed by atoms with E-state index in [9.17, 15) is 4.79 Å². The molecule has 28 heavy (non-hydrogen) atoms. The summed E-state index contributed by atoms with van der Waals surface area (Å²) in [7, 11) is 0. The molecule has 1 N–H and O–H groups in total. The Morgan fingerprint density at radius 3 is 2.64 bits per heavy atom. The van der Waals surface area contributed by atoms with E-state index in [0.717, 1.165) is 31.6 Å². The van der Waals surface area contributed by atoms with Crippen molar-refractivity contribution < 1.29 is 4.79 Å². The van der Waals surface area contributed by atoms with Crippen molar-refractivity contribution in [2.45, 2.75) is 65.5 Å². The number of amides is 1. The average Bonchev–Trinajstić information content (AvgIpc) is 2.71. The average molecular weight is 387 g/mol. The first-order valence-corrected chi connectivity index (χ1v) is 11.0. The van der Waals surface area contributed by atoms with E-state index in [1.807, 2.05) is 18.2 Å². The van der Waals surface area contributed by atoms with Gasteiger partial charge in [-0.1, -0.05) is 26.8 Å². The van der Waals surface area contributed by atoms with Gasteiger partial charge in [-0.2, -0.15) is 0 Å². The smallest absolute Gasteiger partial charge is 0.224 e. The van der Waals surface area contributed by atoms with Gasteiger partial charge in [-0.05, 0) is 75.8 Å². The third-order valence-corrected chi connectivity index (χ3v) is 6.25. The maximum Gasteiger partial charge on any atom is 0.224 e. The second-order valence-corrected chi connectivity index (χ2v) is 9.76. The largest absolute Gasteiger partial charge is 0.350 e. The number of likely N-dealkylation sites (tertiary alicyclic amines) is 2. The zero-order valence-electron chi connectivity index (χ0n) is 18.0. The summed E-state index contributed by atoms with van der Waals surface area (Å²) in [6, 6.07) is 6.47. The lowest BCUT2D eigenvalue weighted by atomic mass is 9.91. The zero-order valence-corrected chi connectivity index (χ0v) is 18.0. The Labute approximate surface area is 170 Å². The molecule has 1 atom stereocenters. The van der Waals surface area contributed by atoms with E-state index in [-0.39, 0.29) is 11.8 Å². The SMILES string of the molecule is CC(C)(C)CCN1CCC(N2CCCC(C(=O)NCc3ccccn3)C2)CC1. The minimum atomic E-state index is 0.122. The number of rotatable bonds is 6. The summed E-state index contributed by atoms with van der Waals surface area (Å²) in [5.41, 5.74) is 1.34. The van der Waals surface area contributed by atoms with Gasteiger partial charge in [0, 0.05) is 18.8 Å². The van der Waals surface area contributed by atoms with Crippen LogP contribution in [0.25, 0.3) is 0 Å². The number of hydrogen-bond donors (Lipinski definition) is 1. The van der Waals surface area contributed by atoms with Crippen LogP contribution in [-0.2, 0) is 11.3 Å². The van der Waals surface area contributed by atoms with Crippen molar-refractivity contribution in [2.24, 2.45) is 11.3 Å². The molecule has 0 radical (unpaired) electrons. The normalized spacial score (nSPS) is 22.9. The van der Waals surface area contributed by atoms with Gasteiger partial charge in [0.25, 0.3) is 0 Å². The first-order valence-electron chi connectivity index (χ1n) is 11.0. The fourth-order valence-corrected chi connectivity index (χ4v) is 4.38. The van der Waals surface area contributed by atoms with E-state index in [1.54, 1.807) is 6.20 Å². The molecule has 1 amide bonds. The molecule has 0 bridgehead atoms. The van der Waals surface area contributed by atoms with E-state index in [0.29, 0.717) is 18.0 Å². The number of pyridine rings is 1. The highest BCUT2D eigenvalue weighted by Crippen LogP contribution is 2.25. The molecule has 5 heteroatoms. The van der Waals surface area contributed by atoms with Crippen LogP contribution in [0.1, 0.15) is 58.6 Å². The van der Waals surface area contributed by atoms with E-state index in [4.69, 9.17) is 0 Å². The fourth-order valence-electron chi connectivity index (χ4n) is 4.38. The molecule has 3 rings (SSSR count). The minimum Gasteiger partial charge on any atom is -0.350 e. The maximum absolute atomic E-state index is 12.7. The van der Waals surface area contributed by atoms with Crippen LogP contribution in [-0.4, -0.2) is 59.5 Å². The van der Waals surface area contributed by atoms with Gasteiger partial charge in [-0.3, -0.25) is 14.7 Å². The Morgan fingerprint density at radius 2 is 1.96 bits per heavy atom. The molecule has 2 fully saturated rings. The molecule has 3 heterocycles. The first-order chi connectivity index (χ1) is 13.4. The Morgan fingerprint density at radius 1 is 1.18 bits per heavy atom. The minimum absolute atomic E-state index is 0.122. The van der Waals surface area contributed by atoms with Crippen molar-refractivity contribution in [3.8, 4) is 0 Å². The highest BCUT2D eigenvalue weighted by atomic mass is 16.1. The van der Waals surface area contributed by atoms with Crippen LogP contribution in [0.5, 0.6) is 0 Å². The number of hydrogen-bond acceptors (Lipinski definition) is 4. The predicted octanol–water partition coefficient (Wildman–Crippen LogP) is 3.31. The van der Waals surface area contributed by atoms with Crippen molar-refractivity contribution in [3.63, 3.8) is 0 Å². The third-order valence-electron chi connectivity index (χ3n) is 6.25. The highest BCUT2D eigenvalue weighted by molar-refractivity contribution is 5.78. The molecule has 0 saturated carbocycles. The fraction of sp³-hybridized carbons (Fsp3) is 0.739. The lowest BCUT2D eigenvalue weighted by molar-refractivity contribution is -0.127. The van der Waals surface area contributed by atoms with Crippen LogP contribution >= 0.6 is 0 Å². The van der Waals surface area contributed by atoms with Crippen LogP contribution < -0.4 is 5.32 Å². The molecule has 0 aromatic carbocycles. The van der Waals surface area contributed by atoms with Crippen molar-refractivity contribution >= 4 is 5.91 Å². The van der Waals surface area contributed by atoms with Crippen LogP contribution in [0.3, 0.4) is 0 Å². The van der Waals surface area contributed by atoms with Crippen molar-refractivity contribution in [1.82, 2.24) is 20.1 Å². The van der Waals surface area contributed by atoms with E-state index < -0.39 is 0 Å². The van der Waals surface area contributed by atoms with Crippen LogP contribution in [0.4, 0.5) is 0 Å². The standard InChI is InChI=1S/C23H38N4O/c1-23(2,3)11-16-26-14-9-21(10-15-26)27-13-6-7-19(18-27)22(28)25-17-20-8-4-5-12-24-20/h4-5,8,12,19,21H,6-7,9-11,13-18H2,1-3H3,(H,25,28). The number of nitrogens with one attached hydrogen (secondary N) is 1. The summed E-state index contributed by atoms with van der Waals surface area (Å²) in [5, 5.41) is 3.09. The van der Waals surface area contributed by atoms with Gasteiger partial charge >= 0.3 is 0 Å². The molecular formula is C23H38N4O. The summed E-state index contributed by atoms with van der Waals surface area (Å²) < 4.78 is 0. The summed E-state index contributed by atoms with van der Waals surface area (Å²) in [5.74, 6) is 0.314. The lowest BCUT2D eigenvalue weighted by Gasteiger charge is -2.42. The number of nitrogens with zero attached hydrogens (tertiary/aromatic N) is 3. The summed E-state index contributed by atoms with van der Waals surface area (Å²) in [4.78, 5) is 22.2. The number of piperidine rings is 2. The lowest BCUT2D eigenvalue weighted by Crippen LogP contribution is -2.51. The van der Waals surface area contributed by atoms with Crippen molar-refractivity contribution in [1.29, 1.82) is 0 Å². The molecule has 156 valence electrons. The third kappa shape index (κ3) is 6.56. The highest BCUT2D eigenvalue weighted by Gasteiger charge is 2.31. The van der Waals surface area contributed by atoms with E-state index >= 15 is 0 Å². The maximum atomic E-state index is 12.7. The molecular weight excluding hydrogens is 348 g/mol. The Hall–Kier alpha value is -1.46. The number of aromatic nitrogens is 1. The molecule has 0 aliphatic carbocycles. The number of carbonyl (C=O) groups excluding carboxylic acids is 1. The molecule has 1 aromatic rings. The quantitative estimate of drug-likeness (QED) is 0.815. The zero-order chi connectivity index (χ0) is 20.0. The Kier molecular flexibility index (Phi) is 7.47. The Bertz CT molecular complexity index is 605. The molecule has 1 unspecified atom stereocenters. The van der Waals surface area contributed by atoms with Crippen LogP contribution in [0.15, 0.2) is 24.4 Å². The van der Waals surface area contributed by atoms with Crippen LogP contribution in [0, 0.1) is 11.3 Å². The van der Waals surface area contributed by atoms with Crippen molar-refractivity contribution in [3.05, 3.63) is 30.1 Å². The van der Waals surface area contributed by atoms with Gasteiger partial charge < -0.3 is 10.2 Å².